The van der Waals surface area contributed by atoms with Crippen LogP contribution in [0.25, 0.3) is 0 Å². The maximum absolute atomic E-state index is 11.4. The summed E-state index contributed by atoms with van der Waals surface area (Å²) in [6, 6.07) is 1.66. The summed E-state index contributed by atoms with van der Waals surface area (Å²) >= 11 is 0. The molecule has 0 aromatic carbocycles. The summed E-state index contributed by atoms with van der Waals surface area (Å²) in [5.41, 5.74) is 0. The molecule has 0 atom stereocenters. The Labute approximate surface area is 88.0 Å². The lowest BCUT2D eigenvalue weighted by Crippen LogP contribution is -2.41. The number of carbonyl (C=O) groups excluding carboxylic acids is 1. The van der Waals surface area contributed by atoms with E-state index < -0.39 is 8.56 Å². The molecule has 0 N–H and O–H groups in total. The Morgan fingerprint density at radius 1 is 1.21 bits per heavy atom. The molecule has 0 rings (SSSR count). The van der Waals surface area contributed by atoms with E-state index in [2.05, 4.69) is 6.92 Å². The molecule has 0 aliphatic heterocycles. The zero-order valence-corrected chi connectivity index (χ0v) is 10.8. The van der Waals surface area contributed by atoms with E-state index in [1.165, 1.54) is 0 Å². The SMILES string of the molecule is CCCCC(=O)O[Si](CC)(CC)OC. The lowest BCUT2D eigenvalue weighted by atomic mass is 10.3. The average molecular weight is 218 g/mol. The molecular weight excluding hydrogens is 196 g/mol. The van der Waals surface area contributed by atoms with E-state index in [9.17, 15) is 4.79 Å². The summed E-state index contributed by atoms with van der Waals surface area (Å²) in [4.78, 5) is 11.4. The predicted octanol–water partition coefficient (Wildman–Crippen LogP) is 2.85. The van der Waals surface area contributed by atoms with E-state index in [4.69, 9.17) is 8.85 Å². The summed E-state index contributed by atoms with van der Waals surface area (Å²) in [7, 11) is -0.535. The summed E-state index contributed by atoms with van der Waals surface area (Å²) in [5, 5.41) is 0. The van der Waals surface area contributed by atoms with Gasteiger partial charge >= 0.3 is 8.56 Å². The van der Waals surface area contributed by atoms with Crippen molar-refractivity contribution in [1.82, 2.24) is 0 Å². The fraction of sp³-hybridized carbons (Fsp3) is 0.900. The monoisotopic (exact) mass is 218 g/mol. The first-order valence-electron chi connectivity index (χ1n) is 5.41. The van der Waals surface area contributed by atoms with Gasteiger partial charge in [-0.1, -0.05) is 27.2 Å². The Balaban J connectivity index is 4.08. The standard InChI is InChI=1S/C10H22O3Si/c1-5-8-9-10(11)13-14(6-2,7-3)12-4/h5-9H2,1-4H3. The first-order valence-corrected chi connectivity index (χ1v) is 7.64. The highest BCUT2D eigenvalue weighted by molar-refractivity contribution is 6.68. The third-order valence-corrected chi connectivity index (χ3v) is 5.98. The van der Waals surface area contributed by atoms with Gasteiger partial charge in [-0.15, -0.1) is 0 Å². The van der Waals surface area contributed by atoms with E-state index in [0.717, 1.165) is 24.9 Å². The molecule has 0 aliphatic carbocycles. The Hall–Kier alpha value is -0.353. The molecule has 0 spiro atoms. The van der Waals surface area contributed by atoms with Gasteiger partial charge in [-0.05, 0) is 18.5 Å². The Bertz CT molecular complexity index is 158. The highest BCUT2D eigenvalue weighted by Crippen LogP contribution is 2.18. The quantitative estimate of drug-likeness (QED) is 0.616. The predicted molar refractivity (Wildman–Crippen MR) is 59.3 cm³/mol. The smallest absolute Gasteiger partial charge is 0.400 e. The number of carbonyl (C=O) groups is 1. The molecule has 0 aromatic heterocycles. The third-order valence-electron chi connectivity index (χ3n) is 2.48. The van der Waals surface area contributed by atoms with E-state index in [-0.39, 0.29) is 5.97 Å². The number of hydrogen-bond donors (Lipinski definition) is 0. The van der Waals surface area contributed by atoms with Crippen LogP contribution in [0.15, 0.2) is 0 Å². The topological polar surface area (TPSA) is 35.5 Å². The van der Waals surface area contributed by atoms with Crippen molar-refractivity contribution in [3.8, 4) is 0 Å². The molecule has 0 bridgehead atoms. The van der Waals surface area contributed by atoms with Gasteiger partial charge in [-0.25, -0.2) is 0 Å². The third kappa shape index (κ3) is 4.24. The fourth-order valence-electron chi connectivity index (χ4n) is 1.30. The van der Waals surface area contributed by atoms with Gasteiger partial charge in [-0.2, -0.15) is 0 Å². The fourth-order valence-corrected chi connectivity index (χ4v) is 3.27. The number of unbranched alkanes of at least 4 members (excludes halogenated alkanes) is 1. The largest absolute Gasteiger partial charge is 0.494 e. The van der Waals surface area contributed by atoms with Crippen molar-refractivity contribution in [3.05, 3.63) is 0 Å². The van der Waals surface area contributed by atoms with E-state index >= 15 is 0 Å². The van der Waals surface area contributed by atoms with E-state index in [1.54, 1.807) is 7.11 Å². The van der Waals surface area contributed by atoms with Crippen LogP contribution < -0.4 is 0 Å². The molecule has 4 heteroatoms. The van der Waals surface area contributed by atoms with Crippen LogP contribution in [0.4, 0.5) is 0 Å². The maximum Gasteiger partial charge on any atom is 0.400 e. The van der Waals surface area contributed by atoms with Crippen molar-refractivity contribution in [2.45, 2.75) is 52.1 Å². The summed E-state index contributed by atoms with van der Waals surface area (Å²) in [5.74, 6) is -0.0935. The zero-order valence-electron chi connectivity index (χ0n) is 9.76. The molecule has 0 aromatic rings. The molecule has 0 fully saturated rings. The van der Waals surface area contributed by atoms with Gasteiger partial charge in [0.25, 0.3) is 5.97 Å². The summed E-state index contributed by atoms with van der Waals surface area (Å²) < 4.78 is 10.8. The Morgan fingerprint density at radius 2 is 1.79 bits per heavy atom. The van der Waals surface area contributed by atoms with Crippen molar-refractivity contribution in [1.29, 1.82) is 0 Å². The van der Waals surface area contributed by atoms with Crippen molar-refractivity contribution < 1.29 is 13.6 Å². The second-order valence-electron chi connectivity index (χ2n) is 3.40. The van der Waals surface area contributed by atoms with Crippen LogP contribution in [0.1, 0.15) is 40.0 Å². The van der Waals surface area contributed by atoms with Gasteiger partial charge in [0.15, 0.2) is 0 Å². The molecule has 84 valence electrons. The molecule has 0 saturated carbocycles. The van der Waals surface area contributed by atoms with Crippen LogP contribution in [0.2, 0.25) is 12.1 Å². The number of rotatable bonds is 7. The van der Waals surface area contributed by atoms with Crippen molar-refractivity contribution in [3.63, 3.8) is 0 Å². The lowest BCUT2D eigenvalue weighted by molar-refractivity contribution is -0.136. The summed E-state index contributed by atoms with van der Waals surface area (Å²) in [6.45, 7) is 6.10. The van der Waals surface area contributed by atoms with Crippen LogP contribution in [0.3, 0.4) is 0 Å². The van der Waals surface area contributed by atoms with Crippen LogP contribution in [0.5, 0.6) is 0 Å². The van der Waals surface area contributed by atoms with Crippen LogP contribution in [-0.4, -0.2) is 21.6 Å². The van der Waals surface area contributed by atoms with Crippen molar-refractivity contribution in [2.24, 2.45) is 0 Å². The van der Waals surface area contributed by atoms with Crippen LogP contribution in [-0.2, 0) is 13.6 Å². The minimum absolute atomic E-state index is 0.0935. The molecule has 0 radical (unpaired) electrons. The highest BCUT2D eigenvalue weighted by Gasteiger charge is 2.35. The Kier molecular flexibility index (Phi) is 6.83. The van der Waals surface area contributed by atoms with Gasteiger partial charge < -0.3 is 8.85 Å². The molecule has 3 nitrogen and oxygen atoms in total. The molecular formula is C10H22O3Si. The molecule has 0 heterocycles. The van der Waals surface area contributed by atoms with Crippen LogP contribution >= 0.6 is 0 Å². The molecule has 0 amide bonds. The first kappa shape index (κ1) is 13.6. The van der Waals surface area contributed by atoms with Gasteiger partial charge in [0.05, 0.1) is 0 Å². The maximum atomic E-state index is 11.4. The lowest BCUT2D eigenvalue weighted by Gasteiger charge is -2.26. The minimum Gasteiger partial charge on any atom is -0.494 e. The number of hydrogen-bond acceptors (Lipinski definition) is 3. The molecule has 0 unspecified atom stereocenters. The van der Waals surface area contributed by atoms with Gasteiger partial charge in [0.2, 0.25) is 0 Å². The average Bonchev–Trinajstić information content (AvgIpc) is 2.23. The second kappa shape index (κ2) is 7.01. The first-order chi connectivity index (χ1) is 6.64. The van der Waals surface area contributed by atoms with Crippen molar-refractivity contribution >= 4 is 14.5 Å². The van der Waals surface area contributed by atoms with Crippen LogP contribution in [0, 0.1) is 0 Å². The van der Waals surface area contributed by atoms with E-state index in [1.807, 2.05) is 13.8 Å². The second-order valence-corrected chi connectivity index (χ2v) is 7.25. The zero-order chi connectivity index (χ0) is 11.0. The van der Waals surface area contributed by atoms with Gasteiger partial charge in [0, 0.05) is 13.5 Å². The van der Waals surface area contributed by atoms with E-state index in [0.29, 0.717) is 6.42 Å². The Morgan fingerprint density at radius 3 is 2.14 bits per heavy atom. The van der Waals surface area contributed by atoms with Gasteiger partial charge in [0.1, 0.15) is 0 Å². The molecule has 14 heavy (non-hydrogen) atoms. The highest BCUT2D eigenvalue weighted by atomic mass is 28.4. The summed E-state index contributed by atoms with van der Waals surface area (Å²) in [6.07, 6.45) is 2.45. The normalized spacial score (nSPS) is 11.4. The van der Waals surface area contributed by atoms with Gasteiger partial charge in [-0.3, -0.25) is 4.79 Å². The molecule has 0 saturated heterocycles. The molecule has 0 aliphatic rings. The van der Waals surface area contributed by atoms with Crippen molar-refractivity contribution in [2.75, 3.05) is 7.11 Å². The minimum atomic E-state index is -2.18.